The number of benzene rings is 2. The van der Waals surface area contributed by atoms with Crippen LogP contribution in [-0.4, -0.2) is 24.0 Å². The van der Waals surface area contributed by atoms with Crippen LogP contribution in [0.2, 0.25) is 18.1 Å². The Kier molecular flexibility index (Phi) is 7.15. The molecule has 0 saturated carbocycles. The van der Waals surface area contributed by atoms with E-state index in [1.54, 1.807) is 6.07 Å². The average Bonchev–Trinajstić information content (AvgIpc) is 2.60. The minimum atomic E-state index is -1.93. The smallest absolute Gasteiger partial charge is 0.126 e. The van der Waals surface area contributed by atoms with Crippen LogP contribution in [0, 0.1) is 13.8 Å². The predicted molar refractivity (Wildman–Crippen MR) is 129 cm³/mol. The maximum absolute atomic E-state index is 11.2. The molecule has 0 saturated heterocycles. The quantitative estimate of drug-likeness (QED) is 0.485. The molecule has 3 nitrogen and oxygen atoms in total. The monoisotopic (exact) mass is 428 g/mol. The molecular weight excluding hydrogens is 388 g/mol. The van der Waals surface area contributed by atoms with Crippen LogP contribution in [0.4, 0.5) is 0 Å². The van der Waals surface area contributed by atoms with Gasteiger partial charge in [-0.05, 0) is 53.5 Å². The van der Waals surface area contributed by atoms with Gasteiger partial charge in [-0.1, -0.05) is 78.0 Å². The molecule has 1 atom stereocenters. The Morgan fingerprint density at radius 1 is 1.00 bits per heavy atom. The number of aliphatic hydroxyl groups is 1. The van der Waals surface area contributed by atoms with Crippen LogP contribution < -0.4 is 4.74 Å². The van der Waals surface area contributed by atoms with Crippen molar-refractivity contribution in [3.05, 3.63) is 58.7 Å². The van der Waals surface area contributed by atoms with Gasteiger partial charge in [-0.3, -0.25) is 0 Å². The molecular formula is C26H40O3Si. The number of aryl methyl sites for hydroxylation is 1. The standard InChI is InChI=1S/C26H40O3Si/c1-18-15-21(27)23(19(2)24(18)29-17-20-13-11-10-12-14-20)26(6,7)16-22(28)30(8,9)25(3,4)5/h10-15,22,27-28H,16-17H2,1-9H3. The molecule has 0 aliphatic rings. The van der Waals surface area contributed by atoms with E-state index in [1.165, 1.54) is 0 Å². The first-order valence-corrected chi connectivity index (χ1v) is 13.9. The first-order valence-electron chi connectivity index (χ1n) is 10.9. The van der Waals surface area contributed by atoms with Gasteiger partial charge >= 0.3 is 0 Å². The third-order valence-corrected chi connectivity index (χ3v) is 12.8. The fourth-order valence-electron chi connectivity index (χ4n) is 4.09. The summed E-state index contributed by atoms with van der Waals surface area (Å²) in [6, 6.07) is 11.9. The predicted octanol–water partition coefficient (Wildman–Crippen LogP) is 6.66. The summed E-state index contributed by atoms with van der Waals surface area (Å²) in [7, 11) is -1.93. The number of aromatic hydroxyl groups is 1. The van der Waals surface area contributed by atoms with Gasteiger partial charge < -0.3 is 14.9 Å². The summed E-state index contributed by atoms with van der Waals surface area (Å²) < 4.78 is 6.21. The molecule has 0 radical (unpaired) electrons. The van der Waals surface area contributed by atoms with Gasteiger partial charge in [0.2, 0.25) is 0 Å². The summed E-state index contributed by atoms with van der Waals surface area (Å²) in [6.07, 6.45) is 0.610. The molecule has 0 aliphatic carbocycles. The highest BCUT2D eigenvalue weighted by atomic mass is 28.3. The molecule has 0 heterocycles. The topological polar surface area (TPSA) is 49.7 Å². The number of aliphatic hydroxyl groups excluding tert-OH is 1. The highest BCUT2D eigenvalue weighted by Gasteiger charge is 2.44. The zero-order valence-electron chi connectivity index (χ0n) is 20.3. The Morgan fingerprint density at radius 2 is 1.57 bits per heavy atom. The molecule has 0 fully saturated rings. The van der Waals surface area contributed by atoms with Gasteiger partial charge in [-0.25, -0.2) is 0 Å². The van der Waals surface area contributed by atoms with Gasteiger partial charge in [0.15, 0.2) is 0 Å². The van der Waals surface area contributed by atoms with Gasteiger partial charge in [-0.15, -0.1) is 0 Å². The van der Waals surface area contributed by atoms with Crippen molar-refractivity contribution in [2.24, 2.45) is 0 Å². The Bertz CT molecular complexity index is 864. The molecule has 4 heteroatoms. The molecule has 1 unspecified atom stereocenters. The number of rotatable bonds is 7. The van der Waals surface area contributed by atoms with Crippen molar-refractivity contribution in [2.45, 2.75) is 90.8 Å². The average molecular weight is 429 g/mol. The van der Waals surface area contributed by atoms with E-state index in [0.717, 1.165) is 28.0 Å². The normalized spacial score (nSPS) is 13.9. The van der Waals surface area contributed by atoms with Crippen LogP contribution in [0.15, 0.2) is 36.4 Å². The van der Waals surface area contributed by atoms with Crippen molar-refractivity contribution < 1.29 is 14.9 Å². The van der Waals surface area contributed by atoms with Crippen molar-refractivity contribution >= 4 is 8.07 Å². The molecule has 30 heavy (non-hydrogen) atoms. The van der Waals surface area contributed by atoms with Crippen molar-refractivity contribution in [2.75, 3.05) is 0 Å². The van der Waals surface area contributed by atoms with E-state index in [4.69, 9.17) is 4.74 Å². The van der Waals surface area contributed by atoms with E-state index >= 15 is 0 Å². The van der Waals surface area contributed by atoms with Gasteiger partial charge in [-0.2, -0.15) is 0 Å². The summed E-state index contributed by atoms with van der Waals surface area (Å²) in [4.78, 5) is 0. The minimum Gasteiger partial charge on any atom is -0.508 e. The van der Waals surface area contributed by atoms with Crippen molar-refractivity contribution in [3.8, 4) is 11.5 Å². The third-order valence-electron chi connectivity index (χ3n) is 7.06. The van der Waals surface area contributed by atoms with Crippen molar-refractivity contribution in [3.63, 3.8) is 0 Å². The Morgan fingerprint density at radius 3 is 2.10 bits per heavy atom. The maximum Gasteiger partial charge on any atom is 0.126 e. The van der Waals surface area contributed by atoms with Crippen LogP contribution in [0.25, 0.3) is 0 Å². The van der Waals surface area contributed by atoms with Crippen LogP contribution in [0.1, 0.15) is 63.3 Å². The second-order valence-corrected chi connectivity index (χ2v) is 16.5. The SMILES string of the molecule is Cc1cc(O)c(C(C)(C)CC(O)[Si](C)(C)C(C)(C)C)c(C)c1OCc1ccccc1. The Labute approximate surface area is 184 Å². The zero-order valence-corrected chi connectivity index (χ0v) is 21.3. The summed E-state index contributed by atoms with van der Waals surface area (Å²) >= 11 is 0. The van der Waals surface area contributed by atoms with Crippen LogP contribution in [0.5, 0.6) is 11.5 Å². The van der Waals surface area contributed by atoms with Crippen LogP contribution >= 0.6 is 0 Å². The highest BCUT2D eigenvalue weighted by molar-refractivity contribution is 6.81. The Balaban J connectivity index is 2.37. The van der Waals surface area contributed by atoms with Gasteiger partial charge in [0.1, 0.15) is 18.1 Å². The summed E-state index contributed by atoms with van der Waals surface area (Å²) in [5, 5.41) is 22.2. The number of phenolic OH excluding ortho intramolecular Hbond substituents is 1. The lowest BCUT2D eigenvalue weighted by atomic mass is 9.78. The van der Waals surface area contributed by atoms with E-state index in [9.17, 15) is 10.2 Å². The minimum absolute atomic E-state index is 0.0941. The summed E-state index contributed by atoms with van der Waals surface area (Å²) in [6.45, 7) is 19.9. The summed E-state index contributed by atoms with van der Waals surface area (Å²) in [5.41, 5.74) is 3.09. The first kappa shape index (κ1) is 24.5. The van der Waals surface area contributed by atoms with Crippen LogP contribution in [-0.2, 0) is 12.0 Å². The van der Waals surface area contributed by atoms with E-state index in [0.29, 0.717) is 13.0 Å². The van der Waals surface area contributed by atoms with Crippen LogP contribution in [0.3, 0.4) is 0 Å². The number of hydrogen-bond acceptors (Lipinski definition) is 3. The fraction of sp³-hybridized carbons (Fsp3) is 0.538. The molecule has 2 aromatic carbocycles. The molecule has 0 aromatic heterocycles. The van der Waals surface area contributed by atoms with Gasteiger partial charge in [0, 0.05) is 11.3 Å². The van der Waals surface area contributed by atoms with E-state index in [1.807, 2.05) is 44.2 Å². The third kappa shape index (κ3) is 5.09. The number of hydrogen-bond donors (Lipinski definition) is 2. The maximum atomic E-state index is 11.2. The van der Waals surface area contributed by atoms with Gasteiger partial charge in [0.25, 0.3) is 0 Å². The molecule has 2 rings (SSSR count). The highest BCUT2D eigenvalue weighted by Crippen LogP contribution is 2.46. The summed E-state index contributed by atoms with van der Waals surface area (Å²) in [5.74, 6) is 1.10. The Hall–Kier alpha value is -1.78. The van der Waals surface area contributed by atoms with Crippen molar-refractivity contribution in [1.29, 1.82) is 0 Å². The van der Waals surface area contributed by atoms with E-state index < -0.39 is 8.07 Å². The number of ether oxygens (including phenoxy) is 1. The molecule has 0 aliphatic heterocycles. The first-order chi connectivity index (χ1) is 13.7. The largest absolute Gasteiger partial charge is 0.508 e. The molecule has 0 bridgehead atoms. The second kappa shape index (κ2) is 8.76. The molecule has 166 valence electrons. The molecule has 0 amide bonds. The number of phenols is 1. The fourth-order valence-corrected chi connectivity index (χ4v) is 6.11. The van der Waals surface area contributed by atoms with Crippen molar-refractivity contribution in [1.82, 2.24) is 0 Å². The molecule has 2 aromatic rings. The lowest BCUT2D eigenvalue weighted by molar-refractivity contribution is 0.194. The molecule has 2 N–H and O–H groups in total. The zero-order chi connectivity index (χ0) is 22.9. The lowest BCUT2D eigenvalue weighted by Crippen LogP contribution is -2.51. The second-order valence-electron chi connectivity index (χ2n) is 10.9. The lowest BCUT2D eigenvalue weighted by Gasteiger charge is -2.43. The van der Waals surface area contributed by atoms with E-state index in [2.05, 4.69) is 47.7 Å². The van der Waals surface area contributed by atoms with E-state index in [-0.39, 0.29) is 21.9 Å². The molecule has 0 spiro atoms. The van der Waals surface area contributed by atoms with Gasteiger partial charge in [0.05, 0.1) is 8.07 Å².